The summed E-state index contributed by atoms with van der Waals surface area (Å²) in [5.74, 6) is 2.18. The molecule has 60 valence electrons. The molecule has 0 radical (unpaired) electrons. The van der Waals surface area contributed by atoms with Crippen molar-refractivity contribution in [1.29, 1.82) is 0 Å². The van der Waals surface area contributed by atoms with Gasteiger partial charge in [-0.25, -0.2) is 0 Å². The summed E-state index contributed by atoms with van der Waals surface area (Å²) < 4.78 is 5.18. The molecule has 0 N–H and O–H groups in total. The van der Waals surface area contributed by atoms with E-state index < -0.39 is 0 Å². The second-order valence-electron chi connectivity index (χ2n) is 3.17. The SMILES string of the molecule is CO/C(=C/C(C)C)C(C)C. The van der Waals surface area contributed by atoms with Crippen molar-refractivity contribution in [2.75, 3.05) is 7.11 Å². The van der Waals surface area contributed by atoms with Gasteiger partial charge in [0.05, 0.1) is 12.9 Å². The maximum absolute atomic E-state index is 5.18. The van der Waals surface area contributed by atoms with Gasteiger partial charge >= 0.3 is 0 Å². The molecule has 0 amide bonds. The highest BCUT2D eigenvalue weighted by Gasteiger charge is 2.02. The molecule has 0 heterocycles. The Balaban J connectivity index is 4.04. The molecule has 0 saturated carbocycles. The maximum atomic E-state index is 5.18. The maximum Gasteiger partial charge on any atom is 0.0943 e. The molecule has 0 bridgehead atoms. The summed E-state index contributed by atoms with van der Waals surface area (Å²) in [7, 11) is 1.73. The van der Waals surface area contributed by atoms with Gasteiger partial charge < -0.3 is 4.74 Å². The molecular formula is C9H18O. The zero-order valence-corrected chi connectivity index (χ0v) is 7.64. The van der Waals surface area contributed by atoms with Gasteiger partial charge in [0.1, 0.15) is 0 Å². The summed E-state index contributed by atoms with van der Waals surface area (Å²) in [5.41, 5.74) is 0. The van der Waals surface area contributed by atoms with Gasteiger partial charge in [0.25, 0.3) is 0 Å². The molecule has 0 rings (SSSR count). The van der Waals surface area contributed by atoms with Crippen molar-refractivity contribution in [3.05, 3.63) is 11.8 Å². The van der Waals surface area contributed by atoms with Crippen molar-refractivity contribution < 1.29 is 4.74 Å². The average Bonchev–Trinajstić information content (AvgIpc) is 1.81. The van der Waals surface area contributed by atoms with Crippen LogP contribution in [-0.2, 0) is 4.74 Å². The second-order valence-corrected chi connectivity index (χ2v) is 3.17. The van der Waals surface area contributed by atoms with Gasteiger partial charge in [-0.2, -0.15) is 0 Å². The van der Waals surface area contributed by atoms with Crippen LogP contribution >= 0.6 is 0 Å². The van der Waals surface area contributed by atoms with Crippen LogP contribution in [0.2, 0.25) is 0 Å². The first-order valence-corrected chi connectivity index (χ1v) is 3.83. The summed E-state index contributed by atoms with van der Waals surface area (Å²) >= 11 is 0. The van der Waals surface area contributed by atoms with Crippen LogP contribution in [0.15, 0.2) is 11.8 Å². The molecule has 1 nitrogen and oxygen atoms in total. The monoisotopic (exact) mass is 142 g/mol. The Morgan fingerprint density at radius 1 is 1.20 bits per heavy atom. The third-order valence-electron chi connectivity index (χ3n) is 1.30. The number of hydrogen-bond donors (Lipinski definition) is 0. The van der Waals surface area contributed by atoms with Crippen molar-refractivity contribution in [3.63, 3.8) is 0 Å². The minimum atomic E-state index is 0.507. The van der Waals surface area contributed by atoms with Crippen LogP contribution in [0, 0.1) is 11.8 Å². The minimum Gasteiger partial charge on any atom is -0.501 e. The van der Waals surface area contributed by atoms with Crippen LogP contribution < -0.4 is 0 Å². The van der Waals surface area contributed by atoms with Crippen LogP contribution in [0.4, 0.5) is 0 Å². The van der Waals surface area contributed by atoms with E-state index in [1.54, 1.807) is 7.11 Å². The Kier molecular flexibility index (Phi) is 4.17. The Morgan fingerprint density at radius 3 is 1.80 bits per heavy atom. The summed E-state index contributed by atoms with van der Waals surface area (Å²) in [6, 6.07) is 0. The van der Waals surface area contributed by atoms with Crippen molar-refractivity contribution in [1.82, 2.24) is 0 Å². The van der Waals surface area contributed by atoms with Gasteiger partial charge in [0, 0.05) is 5.92 Å². The quantitative estimate of drug-likeness (QED) is 0.550. The van der Waals surface area contributed by atoms with Crippen molar-refractivity contribution in [2.45, 2.75) is 27.7 Å². The van der Waals surface area contributed by atoms with Crippen LogP contribution in [0.3, 0.4) is 0 Å². The fourth-order valence-electron chi connectivity index (χ4n) is 0.825. The summed E-state index contributed by atoms with van der Waals surface area (Å²) in [6.07, 6.45) is 2.16. The normalized spacial score (nSPS) is 12.9. The van der Waals surface area contributed by atoms with Gasteiger partial charge in [-0.1, -0.05) is 27.7 Å². The molecule has 0 aromatic heterocycles. The van der Waals surface area contributed by atoms with Crippen LogP contribution in [0.25, 0.3) is 0 Å². The summed E-state index contributed by atoms with van der Waals surface area (Å²) in [6.45, 7) is 8.58. The molecule has 0 fully saturated rings. The molecule has 0 aliphatic carbocycles. The number of ether oxygens (including phenoxy) is 1. The third-order valence-corrected chi connectivity index (χ3v) is 1.30. The van der Waals surface area contributed by atoms with Crippen molar-refractivity contribution in [2.24, 2.45) is 11.8 Å². The first-order chi connectivity index (χ1) is 4.57. The predicted molar refractivity (Wildman–Crippen MR) is 44.8 cm³/mol. The highest BCUT2D eigenvalue weighted by atomic mass is 16.5. The molecule has 0 unspecified atom stereocenters. The fourth-order valence-corrected chi connectivity index (χ4v) is 0.825. The number of hydrogen-bond acceptors (Lipinski definition) is 1. The Morgan fingerprint density at radius 2 is 1.70 bits per heavy atom. The molecule has 0 aliphatic rings. The molecule has 0 atom stereocenters. The van der Waals surface area contributed by atoms with E-state index >= 15 is 0 Å². The number of methoxy groups -OCH3 is 1. The van der Waals surface area contributed by atoms with Gasteiger partial charge in [-0.05, 0) is 12.0 Å². The molecule has 0 aromatic rings. The topological polar surface area (TPSA) is 9.23 Å². The lowest BCUT2D eigenvalue weighted by atomic mass is 10.1. The largest absolute Gasteiger partial charge is 0.501 e. The van der Waals surface area contributed by atoms with E-state index in [1.165, 1.54) is 0 Å². The zero-order chi connectivity index (χ0) is 8.15. The third kappa shape index (κ3) is 3.54. The van der Waals surface area contributed by atoms with Crippen LogP contribution in [0.5, 0.6) is 0 Å². The highest BCUT2D eigenvalue weighted by molar-refractivity contribution is 4.97. The molecule has 0 spiro atoms. The number of allylic oxidation sites excluding steroid dienone is 2. The summed E-state index contributed by atoms with van der Waals surface area (Å²) in [5, 5.41) is 0. The zero-order valence-electron chi connectivity index (χ0n) is 7.64. The molecule has 10 heavy (non-hydrogen) atoms. The Bertz CT molecular complexity index is 112. The molecule has 1 heteroatoms. The van der Waals surface area contributed by atoms with Gasteiger partial charge in [0.15, 0.2) is 0 Å². The minimum absolute atomic E-state index is 0.507. The van der Waals surface area contributed by atoms with Crippen LogP contribution in [0.1, 0.15) is 27.7 Å². The van der Waals surface area contributed by atoms with E-state index in [-0.39, 0.29) is 0 Å². The van der Waals surface area contributed by atoms with Crippen molar-refractivity contribution >= 4 is 0 Å². The predicted octanol–water partition coefficient (Wildman–Crippen LogP) is 2.83. The van der Waals surface area contributed by atoms with Crippen LogP contribution in [-0.4, -0.2) is 7.11 Å². The first-order valence-electron chi connectivity index (χ1n) is 3.83. The lowest BCUT2D eigenvalue weighted by molar-refractivity contribution is 0.250. The van der Waals surface area contributed by atoms with Gasteiger partial charge in [0.2, 0.25) is 0 Å². The fraction of sp³-hybridized carbons (Fsp3) is 0.778. The highest BCUT2D eigenvalue weighted by Crippen LogP contribution is 2.12. The van der Waals surface area contributed by atoms with E-state index in [1.807, 2.05) is 0 Å². The van der Waals surface area contributed by atoms with E-state index in [0.29, 0.717) is 11.8 Å². The van der Waals surface area contributed by atoms with E-state index in [2.05, 4.69) is 33.8 Å². The Labute approximate surface area is 64.1 Å². The smallest absolute Gasteiger partial charge is 0.0943 e. The van der Waals surface area contributed by atoms with E-state index in [4.69, 9.17) is 4.74 Å². The van der Waals surface area contributed by atoms with Crippen molar-refractivity contribution in [3.8, 4) is 0 Å². The standard InChI is InChI=1S/C9H18O/c1-7(2)6-9(10-5)8(3)4/h6-8H,1-5H3/b9-6+. The first kappa shape index (κ1) is 9.54. The van der Waals surface area contributed by atoms with Gasteiger partial charge in [-0.3, -0.25) is 0 Å². The molecular weight excluding hydrogens is 124 g/mol. The average molecular weight is 142 g/mol. The number of rotatable bonds is 3. The van der Waals surface area contributed by atoms with Gasteiger partial charge in [-0.15, -0.1) is 0 Å². The van der Waals surface area contributed by atoms with E-state index in [0.717, 1.165) is 5.76 Å². The summed E-state index contributed by atoms with van der Waals surface area (Å²) in [4.78, 5) is 0. The molecule has 0 aromatic carbocycles. The lowest BCUT2D eigenvalue weighted by Gasteiger charge is -2.10. The molecule has 0 saturated heterocycles. The lowest BCUT2D eigenvalue weighted by Crippen LogP contribution is -1.98. The van der Waals surface area contributed by atoms with E-state index in [9.17, 15) is 0 Å². The Hall–Kier alpha value is -0.460. The molecule has 0 aliphatic heterocycles. The second kappa shape index (κ2) is 4.37.